The highest BCUT2D eigenvalue weighted by Gasteiger charge is 2.12. The molecule has 0 bridgehead atoms. The van der Waals surface area contributed by atoms with Gasteiger partial charge < -0.3 is 20.5 Å². The van der Waals surface area contributed by atoms with Gasteiger partial charge in [-0.25, -0.2) is 9.59 Å². The van der Waals surface area contributed by atoms with Gasteiger partial charge in [-0.05, 0) is 20.8 Å². The zero-order valence-corrected chi connectivity index (χ0v) is 14.2. The average Bonchev–Trinajstić information content (AvgIpc) is 2.26. The summed E-state index contributed by atoms with van der Waals surface area (Å²) < 4.78 is 8.76. The first-order valence-electron chi connectivity index (χ1n) is 7.19. The monoisotopic (exact) mass is 302 g/mol. The fourth-order valence-corrected chi connectivity index (χ4v) is 1.43. The number of esters is 1. The number of ether oxygens (including phenoxy) is 2. The van der Waals surface area contributed by atoms with Gasteiger partial charge in [-0.1, -0.05) is 33.8 Å². The predicted octanol–water partition coefficient (Wildman–Crippen LogP) is 2.37. The molecule has 1 unspecified atom stereocenters. The van der Waals surface area contributed by atoms with E-state index in [0.29, 0.717) is 12.1 Å². The van der Waals surface area contributed by atoms with Crippen LogP contribution in [0.25, 0.3) is 0 Å². The summed E-state index contributed by atoms with van der Waals surface area (Å²) in [7, 11) is 0. The highest BCUT2D eigenvalue weighted by molar-refractivity contribution is 5.94. The summed E-state index contributed by atoms with van der Waals surface area (Å²) in [6, 6.07) is 0.991. The molecular formula is C15H30N2O4. The van der Waals surface area contributed by atoms with Crippen molar-refractivity contribution in [2.24, 2.45) is 5.73 Å². The van der Waals surface area contributed by atoms with E-state index in [0.717, 1.165) is 0 Å². The Morgan fingerprint density at radius 2 is 1.62 bits per heavy atom. The van der Waals surface area contributed by atoms with Gasteiger partial charge in [0.15, 0.2) is 0 Å². The smallest absolute Gasteiger partial charge is 0.434 e. The van der Waals surface area contributed by atoms with Crippen molar-refractivity contribution in [2.75, 3.05) is 6.61 Å². The van der Waals surface area contributed by atoms with Crippen molar-refractivity contribution in [1.82, 2.24) is 5.32 Å². The van der Waals surface area contributed by atoms with Crippen molar-refractivity contribution in [3.8, 4) is 0 Å². The lowest BCUT2D eigenvalue weighted by atomic mass is 10.2. The third-order valence-corrected chi connectivity index (χ3v) is 1.94. The van der Waals surface area contributed by atoms with Gasteiger partial charge in [0.2, 0.25) is 0 Å². The molecule has 1 atom stereocenters. The minimum absolute atomic E-state index is 0.169. The Kier molecular flexibility index (Phi) is 12.9. The lowest BCUT2D eigenvalue weighted by Crippen LogP contribution is -2.29. The molecule has 124 valence electrons. The molecule has 21 heavy (non-hydrogen) atoms. The van der Waals surface area contributed by atoms with Crippen molar-refractivity contribution >= 4 is 12.1 Å². The molecule has 0 saturated heterocycles. The summed E-state index contributed by atoms with van der Waals surface area (Å²) in [6.45, 7) is 13.6. The van der Waals surface area contributed by atoms with E-state index < -0.39 is 12.1 Å². The summed E-state index contributed by atoms with van der Waals surface area (Å²) in [4.78, 5) is 21.8. The van der Waals surface area contributed by atoms with Crippen molar-refractivity contribution in [3.63, 3.8) is 0 Å². The predicted molar refractivity (Wildman–Crippen MR) is 83.9 cm³/mol. The largest absolute Gasteiger partial charge is 0.516 e. The van der Waals surface area contributed by atoms with E-state index in [1.54, 1.807) is 13.8 Å². The molecule has 3 N–H and O–H groups in total. The lowest BCUT2D eigenvalue weighted by molar-refractivity contribution is -0.135. The highest BCUT2D eigenvalue weighted by Crippen LogP contribution is 1.99. The van der Waals surface area contributed by atoms with Crippen LogP contribution in [0, 0.1) is 0 Å². The number of hydrogen-bond donors (Lipinski definition) is 2. The van der Waals surface area contributed by atoms with Crippen LogP contribution in [0.1, 0.15) is 48.5 Å². The summed E-state index contributed by atoms with van der Waals surface area (Å²) in [5.41, 5.74) is 5.71. The molecule has 0 heterocycles. The zero-order valence-electron chi connectivity index (χ0n) is 14.2. The molecular weight excluding hydrogens is 272 g/mol. The van der Waals surface area contributed by atoms with E-state index in [2.05, 4.69) is 42.5 Å². The van der Waals surface area contributed by atoms with Gasteiger partial charge in [0.05, 0.1) is 6.61 Å². The number of rotatable bonds is 5. The second-order valence-corrected chi connectivity index (χ2v) is 5.26. The lowest BCUT2D eigenvalue weighted by Gasteiger charge is -2.10. The maximum Gasteiger partial charge on any atom is 0.516 e. The number of carbonyl (C=O) groups is 2. The summed E-state index contributed by atoms with van der Waals surface area (Å²) in [6.07, 6.45) is 0.511. The Hall–Kier alpha value is -1.40. The third-order valence-electron chi connectivity index (χ3n) is 1.94. The molecule has 0 amide bonds. The van der Waals surface area contributed by atoms with E-state index >= 15 is 0 Å². The zero-order chi connectivity index (χ0) is 17.0. The minimum Gasteiger partial charge on any atom is -0.434 e. The van der Waals surface area contributed by atoms with Gasteiger partial charge in [0, 0.05) is 23.7 Å². The van der Waals surface area contributed by atoms with Crippen LogP contribution in [-0.4, -0.2) is 36.9 Å². The number of carbonyl (C=O) groups excluding carboxylic acids is 2. The van der Waals surface area contributed by atoms with Crippen LogP contribution in [0.15, 0.2) is 11.6 Å². The first-order chi connectivity index (χ1) is 9.59. The first-order valence-corrected chi connectivity index (χ1v) is 7.19. The van der Waals surface area contributed by atoms with Crippen LogP contribution >= 0.6 is 0 Å². The molecule has 0 aliphatic heterocycles. The van der Waals surface area contributed by atoms with Gasteiger partial charge in [0.25, 0.3) is 0 Å². The third kappa shape index (κ3) is 16.5. The van der Waals surface area contributed by atoms with Crippen LogP contribution in [-0.2, 0) is 14.3 Å². The topological polar surface area (TPSA) is 90.6 Å². The van der Waals surface area contributed by atoms with Crippen molar-refractivity contribution in [1.29, 1.82) is 0 Å². The molecule has 0 aromatic rings. The van der Waals surface area contributed by atoms with Gasteiger partial charge in [0.1, 0.15) is 0 Å². The van der Waals surface area contributed by atoms with E-state index in [9.17, 15) is 9.59 Å². The summed E-state index contributed by atoms with van der Waals surface area (Å²) in [5.74, 6) is -0.735. The van der Waals surface area contributed by atoms with Crippen LogP contribution in [0.3, 0.4) is 0 Å². The van der Waals surface area contributed by atoms with Gasteiger partial charge in [-0.2, -0.15) is 0 Å². The molecule has 6 nitrogen and oxygen atoms in total. The second kappa shape index (κ2) is 12.3. The molecule has 6 heteroatoms. The van der Waals surface area contributed by atoms with Crippen LogP contribution < -0.4 is 11.1 Å². The van der Waals surface area contributed by atoms with E-state index in [4.69, 9.17) is 5.73 Å². The average molecular weight is 302 g/mol. The second-order valence-electron chi connectivity index (χ2n) is 5.26. The highest BCUT2D eigenvalue weighted by atomic mass is 16.7. The molecule has 0 rings (SSSR count). The van der Waals surface area contributed by atoms with E-state index in [1.165, 1.54) is 13.0 Å². The van der Waals surface area contributed by atoms with Gasteiger partial charge >= 0.3 is 12.1 Å². The summed E-state index contributed by atoms with van der Waals surface area (Å²) >= 11 is 0. The molecule has 0 aliphatic carbocycles. The van der Waals surface area contributed by atoms with E-state index in [1.807, 2.05) is 0 Å². The maximum atomic E-state index is 11.1. The molecule has 0 fully saturated rings. The molecule has 0 aromatic carbocycles. The number of nitrogens with two attached hydrogens (primary N) is 1. The van der Waals surface area contributed by atoms with Crippen molar-refractivity contribution in [2.45, 2.75) is 66.6 Å². The van der Waals surface area contributed by atoms with Crippen molar-refractivity contribution in [3.05, 3.63) is 11.6 Å². The molecule has 0 spiro atoms. The molecule has 0 aliphatic rings. The molecule has 0 radical (unpaired) electrons. The molecule has 0 aromatic heterocycles. The van der Waals surface area contributed by atoms with Gasteiger partial charge in [-0.15, -0.1) is 0 Å². The Labute approximate surface area is 128 Å². The Bertz CT molecular complexity index is 331. The van der Waals surface area contributed by atoms with Crippen LogP contribution in [0.5, 0.6) is 0 Å². The fraction of sp³-hybridized carbons (Fsp3) is 0.733. The molecule has 0 saturated carbocycles. The Morgan fingerprint density at radius 3 is 1.90 bits per heavy atom. The quantitative estimate of drug-likeness (QED) is 0.460. The Balaban J connectivity index is 0. The van der Waals surface area contributed by atoms with Crippen molar-refractivity contribution < 1.29 is 19.1 Å². The van der Waals surface area contributed by atoms with Gasteiger partial charge in [-0.3, -0.25) is 0 Å². The standard InChI is InChI=1S/C9H15NO4.C6H15N/c1-4-13-9(12)14-8(11)6(2)5-7(3)10;1-5(2)7-6(3)4/h5,7H,4,10H2,1-3H3;5-7H,1-4H3. The van der Waals surface area contributed by atoms with Crippen LogP contribution in [0.4, 0.5) is 4.79 Å². The normalized spacial score (nSPS) is 12.6. The van der Waals surface area contributed by atoms with Crippen LogP contribution in [0.2, 0.25) is 0 Å². The Morgan fingerprint density at radius 1 is 1.14 bits per heavy atom. The minimum atomic E-state index is -0.991. The SMILES string of the molecule is CC(C)NC(C)C.CCOC(=O)OC(=O)C(C)=CC(C)N. The number of nitrogens with one attached hydrogen (secondary N) is 1. The maximum absolute atomic E-state index is 11.1. The fourth-order valence-electron chi connectivity index (χ4n) is 1.43. The number of hydrogen-bond acceptors (Lipinski definition) is 6. The van der Waals surface area contributed by atoms with E-state index in [-0.39, 0.29) is 18.2 Å². The first kappa shape index (κ1) is 21.9. The summed E-state index contributed by atoms with van der Waals surface area (Å²) in [5, 5.41) is 3.31.